The number of halogens is 2. The number of hydrogen-bond acceptors (Lipinski definition) is 3. The highest BCUT2D eigenvalue weighted by Crippen LogP contribution is 2.21. The third-order valence-corrected chi connectivity index (χ3v) is 4.16. The molecule has 3 aromatic rings. The molecular formula is C19H17BrFN3. The standard InChI is InChI=1S/C19H17BrFN3/c1-2-17-11-18(22-12-13-3-9-16(21)10-4-13)24-19(23-17)14-5-7-15(20)8-6-14/h3-11H,2,12H2,1H3,(H,22,23,24). The molecule has 1 heterocycles. The van der Waals surface area contributed by atoms with Crippen LogP contribution in [0.3, 0.4) is 0 Å². The van der Waals surface area contributed by atoms with Crippen molar-refractivity contribution in [1.29, 1.82) is 0 Å². The van der Waals surface area contributed by atoms with E-state index in [2.05, 4.69) is 38.1 Å². The van der Waals surface area contributed by atoms with Crippen molar-refractivity contribution in [2.75, 3.05) is 5.32 Å². The van der Waals surface area contributed by atoms with Gasteiger partial charge in [0.2, 0.25) is 0 Å². The summed E-state index contributed by atoms with van der Waals surface area (Å²) in [4.78, 5) is 9.20. The molecular weight excluding hydrogens is 369 g/mol. The van der Waals surface area contributed by atoms with Crippen molar-refractivity contribution in [3.05, 3.63) is 76.1 Å². The number of nitrogens with zero attached hydrogens (tertiary/aromatic N) is 2. The van der Waals surface area contributed by atoms with Crippen molar-refractivity contribution in [3.8, 4) is 11.4 Å². The van der Waals surface area contributed by atoms with Crippen LogP contribution in [0.2, 0.25) is 0 Å². The number of rotatable bonds is 5. The lowest BCUT2D eigenvalue weighted by molar-refractivity contribution is 0.627. The van der Waals surface area contributed by atoms with Crippen LogP contribution in [-0.4, -0.2) is 9.97 Å². The Morgan fingerprint density at radius 3 is 2.38 bits per heavy atom. The molecule has 0 bridgehead atoms. The summed E-state index contributed by atoms with van der Waals surface area (Å²) in [5.74, 6) is 1.24. The van der Waals surface area contributed by atoms with Crippen LogP contribution in [0.15, 0.2) is 59.1 Å². The first-order chi connectivity index (χ1) is 11.6. The van der Waals surface area contributed by atoms with E-state index in [1.54, 1.807) is 12.1 Å². The third kappa shape index (κ3) is 4.17. The fraction of sp³-hybridized carbons (Fsp3) is 0.158. The SMILES string of the molecule is CCc1cc(NCc2ccc(F)cc2)nc(-c2ccc(Br)cc2)n1. The fourth-order valence-corrected chi connectivity index (χ4v) is 2.56. The monoisotopic (exact) mass is 385 g/mol. The lowest BCUT2D eigenvalue weighted by atomic mass is 10.2. The minimum absolute atomic E-state index is 0.230. The topological polar surface area (TPSA) is 37.8 Å². The summed E-state index contributed by atoms with van der Waals surface area (Å²) in [5.41, 5.74) is 2.95. The van der Waals surface area contributed by atoms with Crippen LogP contribution in [-0.2, 0) is 13.0 Å². The second kappa shape index (κ2) is 7.53. The van der Waals surface area contributed by atoms with Crippen molar-refractivity contribution >= 4 is 21.7 Å². The molecule has 2 aromatic carbocycles. The van der Waals surface area contributed by atoms with Gasteiger partial charge < -0.3 is 5.32 Å². The number of benzene rings is 2. The van der Waals surface area contributed by atoms with Gasteiger partial charge in [-0.3, -0.25) is 0 Å². The summed E-state index contributed by atoms with van der Waals surface area (Å²) in [6.45, 7) is 2.65. The first kappa shape index (κ1) is 16.6. The average molecular weight is 386 g/mol. The Hall–Kier alpha value is -2.27. The van der Waals surface area contributed by atoms with Crippen LogP contribution in [0.4, 0.5) is 10.2 Å². The number of anilines is 1. The summed E-state index contributed by atoms with van der Waals surface area (Å²) < 4.78 is 14.0. The molecule has 0 radical (unpaired) electrons. The predicted molar refractivity (Wildman–Crippen MR) is 98.3 cm³/mol. The van der Waals surface area contributed by atoms with Gasteiger partial charge in [-0.15, -0.1) is 0 Å². The number of aryl methyl sites for hydroxylation is 1. The van der Waals surface area contributed by atoms with Gasteiger partial charge in [-0.2, -0.15) is 0 Å². The van der Waals surface area contributed by atoms with Gasteiger partial charge in [0.15, 0.2) is 5.82 Å². The number of hydrogen-bond donors (Lipinski definition) is 1. The summed E-state index contributed by atoms with van der Waals surface area (Å²) in [5, 5.41) is 3.29. The summed E-state index contributed by atoms with van der Waals surface area (Å²) >= 11 is 3.44. The van der Waals surface area contributed by atoms with Crippen LogP contribution in [0, 0.1) is 5.82 Å². The molecule has 0 amide bonds. The number of aromatic nitrogens is 2. The van der Waals surface area contributed by atoms with E-state index in [4.69, 9.17) is 0 Å². The highest BCUT2D eigenvalue weighted by Gasteiger charge is 2.06. The molecule has 0 saturated heterocycles. The van der Waals surface area contributed by atoms with Crippen LogP contribution >= 0.6 is 15.9 Å². The molecule has 0 aliphatic heterocycles. The van der Waals surface area contributed by atoms with Crippen molar-refractivity contribution in [2.45, 2.75) is 19.9 Å². The highest BCUT2D eigenvalue weighted by molar-refractivity contribution is 9.10. The minimum Gasteiger partial charge on any atom is -0.366 e. The van der Waals surface area contributed by atoms with Gasteiger partial charge in [-0.05, 0) is 36.2 Å². The second-order valence-electron chi connectivity index (χ2n) is 5.41. The molecule has 122 valence electrons. The normalized spacial score (nSPS) is 10.6. The predicted octanol–water partition coefficient (Wildman–Crippen LogP) is 5.22. The van der Waals surface area contributed by atoms with Gasteiger partial charge in [0, 0.05) is 28.3 Å². The highest BCUT2D eigenvalue weighted by atomic mass is 79.9. The Bertz CT molecular complexity index is 817. The molecule has 0 aliphatic rings. The Balaban J connectivity index is 1.83. The van der Waals surface area contributed by atoms with Crippen molar-refractivity contribution in [2.24, 2.45) is 0 Å². The van der Waals surface area contributed by atoms with Crippen molar-refractivity contribution < 1.29 is 4.39 Å². The third-order valence-electron chi connectivity index (χ3n) is 3.63. The molecule has 0 saturated carbocycles. The zero-order valence-corrected chi connectivity index (χ0v) is 14.8. The van der Waals surface area contributed by atoms with Crippen LogP contribution in [0.25, 0.3) is 11.4 Å². The summed E-state index contributed by atoms with van der Waals surface area (Å²) in [6, 6.07) is 16.3. The Kier molecular flexibility index (Phi) is 5.20. The molecule has 0 spiro atoms. The van der Waals surface area contributed by atoms with Crippen LogP contribution < -0.4 is 5.32 Å². The van der Waals surface area contributed by atoms with E-state index in [1.165, 1.54) is 12.1 Å². The zero-order chi connectivity index (χ0) is 16.9. The lowest BCUT2D eigenvalue weighted by Crippen LogP contribution is -2.05. The number of nitrogens with one attached hydrogen (secondary N) is 1. The van der Waals surface area contributed by atoms with Gasteiger partial charge in [-0.1, -0.05) is 47.1 Å². The summed E-state index contributed by atoms with van der Waals surface area (Å²) in [7, 11) is 0. The first-order valence-electron chi connectivity index (χ1n) is 7.76. The molecule has 0 unspecified atom stereocenters. The van der Waals surface area contributed by atoms with E-state index in [1.807, 2.05) is 30.3 Å². The largest absolute Gasteiger partial charge is 0.366 e. The minimum atomic E-state index is -0.230. The maximum Gasteiger partial charge on any atom is 0.161 e. The van der Waals surface area contributed by atoms with Gasteiger partial charge in [0.1, 0.15) is 11.6 Å². The van der Waals surface area contributed by atoms with E-state index in [0.29, 0.717) is 12.4 Å². The van der Waals surface area contributed by atoms with E-state index >= 15 is 0 Å². The molecule has 3 rings (SSSR count). The van der Waals surface area contributed by atoms with Crippen LogP contribution in [0.1, 0.15) is 18.2 Å². The summed E-state index contributed by atoms with van der Waals surface area (Å²) in [6.07, 6.45) is 0.831. The molecule has 1 N–H and O–H groups in total. The maximum atomic E-state index is 13.0. The van der Waals surface area contributed by atoms with Crippen LogP contribution in [0.5, 0.6) is 0 Å². The molecule has 0 atom stereocenters. The Morgan fingerprint density at radius 2 is 1.71 bits per heavy atom. The molecule has 24 heavy (non-hydrogen) atoms. The Morgan fingerprint density at radius 1 is 1.00 bits per heavy atom. The molecule has 3 nitrogen and oxygen atoms in total. The molecule has 0 aliphatic carbocycles. The Labute approximate surface area is 149 Å². The average Bonchev–Trinajstić information content (AvgIpc) is 2.61. The van der Waals surface area contributed by atoms with Gasteiger partial charge in [0.25, 0.3) is 0 Å². The molecule has 0 fully saturated rings. The second-order valence-corrected chi connectivity index (χ2v) is 6.32. The van der Waals surface area contributed by atoms with Crippen molar-refractivity contribution in [1.82, 2.24) is 9.97 Å². The van der Waals surface area contributed by atoms with Gasteiger partial charge in [0.05, 0.1) is 0 Å². The van der Waals surface area contributed by atoms with Crippen molar-refractivity contribution in [3.63, 3.8) is 0 Å². The smallest absolute Gasteiger partial charge is 0.161 e. The first-order valence-corrected chi connectivity index (χ1v) is 8.55. The van der Waals surface area contributed by atoms with Gasteiger partial charge in [-0.25, -0.2) is 14.4 Å². The quantitative estimate of drug-likeness (QED) is 0.653. The van der Waals surface area contributed by atoms with E-state index in [0.717, 1.165) is 33.5 Å². The zero-order valence-electron chi connectivity index (χ0n) is 13.3. The fourth-order valence-electron chi connectivity index (χ4n) is 2.29. The molecule has 5 heteroatoms. The van der Waals surface area contributed by atoms with E-state index in [9.17, 15) is 4.39 Å². The molecule has 1 aromatic heterocycles. The lowest BCUT2D eigenvalue weighted by Gasteiger charge is -2.10. The van der Waals surface area contributed by atoms with E-state index < -0.39 is 0 Å². The van der Waals surface area contributed by atoms with Gasteiger partial charge >= 0.3 is 0 Å². The maximum absolute atomic E-state index is 13.0. The van der Waals surface area contributed by atoms with E-state index in [-0.39, 0.29) is 5.82 Å².